The van der Waals surface area contributed by atoms with E-state index in [0.717, 1.165) is 32.1 Å². The summed E-state index contributed by atoms with van der Waals surface area (Å²) in [5, 5.41) is 9.92. The van der Waals surface area contributed by atoms with Crippen molar-refractivity contribution in [3.63, 3.8) is 0 Å². The van der Waals surface area contributed by atoms with E-state index in [-0.39, 0.29) is 29.6 Å². The van der Waals surface area contributed by atoms with E-state index in [0.29, 0.717) is 34.9 Å². The van der Waals surface area contributed by atoms with Gasteiger partial charge in [-0.15, -0.1) is 0 Å². The fraction of sp³-hybridized carbons (Fsp3) is 0.909. The molecular weight excluding hydrogens is 312 g/mol. The zero-order chi connectivity index (χ0) is 18.0. The highest BCUT2D eigenvalue weighted by molar-refractivity contribution is 5.80. The lowest BCUT2D eigenvalue weighted by atomic mass is 9.44. The molecule has 4 rings (SSSR count). The van der Waals surface area contributed by atoms with Gasteiger partial charge in [-0.2, -0.15) is 0 Å². The molecule has 0 aliphatic heterocycles. The number of ketones is 2. The van der Waals surface area contributed by atoms with Crippen molar-refractivity contribution in [3.05, 3.63) is 0 Å². The van der Waals surface area contributed by atoms with Crippen LogP contribution in [0.3, 0.4) is 0 Å². The second-order valence-corrected chi connectivity index (χ2v) is 10.2. The van der Waals surface area contributed by atoms with Gasteiger partial charge in [0.2, 0.25) is 0 Å². The average Bonchev–Trinajstić information content (AvgIpc) is 2.88. The summed E-state index contributed by atoms with van der Waals surface area (Å²) >= 11 is 0. The molecule has 140 valence electrons. The molecule has 0 bridgehead atoms. The maximum atomic E-state index is 12.4. The van der Waals surface area contributed by atoms with Gasteiger partial charge in [0.15, 0.2) is 0 Å². The first kappa shape index (κ1) is 17.7. The molecule has 3 nitrogen and oxygen atoms in total. The molecule has 3 heteroatoms. The molecule has 0 unspecified atom stereocenters. The molecule has 4 saturated carbocycles. The largest absolute Gasteiger partial charge is 0.396 e. The Labute approximate surface area is 151 Å². The minimum absolute atomic E-state index is 0.0434. The van der Waals surface area contributed by atoms with E-state index in [1.165, 1.54) is 19.3 Å². The van der Waals surface area contributed by atoms with Crippen LogP contribution >= 0.6 is 0 Å². The van der Waals surface area contributed by atoms with Gasteiger partial charge in [0.25, 0.3) is 0 Å². The van der Waals surface area contributed by atoms with Crippen LogP contribution in [0, 0.1) is 46.3 Å². The first-order valence-electron chi connectivity index (χ1n) is 10.4. The van der Waals surface area contributed by atoms with E-state index in [2.05, 4.69) is 13.8 Å². The number of carbonyl (C=O) groups excluding carboxylic acids is 2. The number of fused-ring (bicyclic) bond motifs is 5. The van der Waals surface area contributed by atoms with Gasteiger partial charge in [-0.3, -0.25) is 9.59 Å². The highest BCUT2D eigenvalue weighted by Crippen LogP contribution is 2.68. The monoisotopic (exact) mass is 346 g/mol. The summed E-state index contributed by atoms with van der Waals surface area (Å²) in [6.07, 6.45) is 8.41. The minimum atomic E-state index is 0.0434. The standard InChI is InChI=1S/C22H34O3/c1-13(24)20-14(12-23)10-19-17-5-4-15-11-16(25)6-8-21(15,2)18(17)7-9-22(19,20)3/h14-15,17-20,23H,4-12H2,1-3H3/t14-,15+,17-,18+,19+,20-,21+,22+/m1/s1. The zero-order valence-corrected chi connectivity index (χ0v) is 16.1. The molecule has 0 aromatic heterocycles. The summed E-state index contributed by atoms with van der Waals surface area (Å²) in [5.41, 5.74) is 0.398. The summed E-state index contributed by atoms with van der Waals surface area (Å²) in [6, 6.07) is 0. The highest BCUT2D eigenvalue weighted by Gasteiger charge is 2.62. The first-order chi connectivity index (χ1) is 11.8. The first-order valence-corrected chi connectivity index (χ1v) is 10.4. The Morgan fingerprint density at radius 1 is 1.12 bits per heavy atom. The quantitative estimate of drug-likeness (QED) is 0.821. The summed E-state index contributed by atoms with van der Waals surface area (Å²) in [5.74, 6) is 3.51. The molecule has 0 radical (unpaired) electrons. The predicted molar refractivity (Wildman–Crippen MR) is 96.9 cm³/mol. The van der Waals surface area contributed by atoms with Crippen molar-refractivity contribution in [1.29, 1.82) is 0 Å². The lowest BCUT2D eigenvalue weighted by molar-refractivity contribution is -0.143. The molecular formula is C22H34O3. The summed E-state index contributed by atoms with van der Waals surface area (Å²) in [6.45, 7) is 6.69. The van der Waals surface area contributed by atoms with Gasteiger partial charge in [0.1, 0.15) is 11.6 Å². The zero-order valence-electron chi connectivity index (χ0n) is 16.1. The van der Waals surface area contributed by atoms with Crippen LogP contribution in [0.25, 0.3) is 0 Å². The number of aliphatic hydroxyl groups excluding tert-OH is 1. The summed E-state index contributed by atoms with van der Waals surface area (Å²) in [4.78, 5) is 24.4. The molecule has 4 fully saturated rings. The molecule has 0 aromatic carbocycles. The minimum Gasteiger partial charge on any atom is -0.396 e. The van der Waals surface area contributed by atoms with Crippen LogP contribution < -0.4 is 0 Å². The molecule has 0 aromatic rings. The van der Waals surface area contributed by atoms with Gasteiger partial charge >= 0.3 is 0 Å². The Bertz CT molecular complexity index is 584. The Morgan fingerprint density at radius 2 is 1.88 bits per heavy atom. The predicted octanol–water partition coefficient (Wildman–Crippen LogP) is 4.02. The van der Waals surface area contributed by atoms with Gasteiger partial charge in [-0.25, -0.2) is 0 Å². The number of Topliss-reactive ketones (excluding diaryl/α,β-unsaturated/α-hetero) is 2. The smallest absolute Gasteiger partial charge is 0.133 e. The van der Waals surface area contributed by atoms with Crippen molar-refractivity contribution < 1.29 is 14.7 Å². The number of hydrogen-bond acceptors (Lipinski definition) is 3. The van der Waals surface area contributed by atoms with E-state index in [4.69, 9.17) is 0 Å². The second-order valence-electron chi connectivity index (χ2n) is 10.2. The van der Waals surface area contributed by atoms with Gasteiger partial charge < -0.3 is 5.11 Å². The molecule has 0 spiro atoms. The Kier molecular flexibility index (Phi) is 4.18. The topological polar surface area (TPSA) is 54.4 Å². The summed E-state index contributed by atoms with van der Waals surface area (Å²) in [7, 11) is 0. The number of hydrogen-bond donors (Lipinski definition) is 1. The van der Waals surface area contributed by atoms with Crippen LogP contribution in [-0.4, -0.2) is 23.3 Å². The fourth-order valence-corrected chi connectivity index (χ4v) is 8.20. The third-order valence-corrected chi connectivity index (χ3v) is 9.33. The van der Waals surface area contributed by atoms with Crippen LogP contribution in [0.5, 0.6) is 0 Å². The third-order valence-electron chi connectivity index (χ3n) is 9.33. The molecule has 25 heavy (non-hydrogen) atoms. The molecule has 1 N–H and O–H groups in total. The van der Waals surface area contributed by atoms with Crippen LogP contribution in [0.15, 0.2) is 0 Å². The van der Waals surface area contributed by atoms with Crippen LogP contribution in [0.1, 0.15) is 72.1 Å². The lowest BCUT2D eigenvalue weighted by Crippen LogP contribution is -2.53. The molecule has 4 aliphatic rings. The molecule has 0 amide bonds. The van der Waals surface area contributed by atoms with Crippen molar-refractivity contribution in [3.8, 4) is 0 Å². The maximum absolute atomic E-state index is 12.4. The van der Waals surface area contributed by atoms with E-state index in [1.807, 2.05) is 0 Å². The highest BCUT2D eigenvalue weighted by atomic mass is 16.3. The second kappa shape index (κ2) is 5.90. The third kappa shape index (κ3) is 2.40. The maximum Gasteiger partial charge on any atom is 0.133 e. The van der Waals surface area contributed by atoms with Gasteiger partial charge in [-0.05, 0) is 85.9 Å². The van der Waals surface area contributed by atoms with Crippen molar-refractivity contribution >= 4 is 11.6 Å². The van der Waals surface area contributed by atoms with Crippen LogP contribution in [0.4, 0.5) is 0 Å². The fourth-order valence-electron chi connectivity index (χ4n) is 8.20. The Morgan fingerprint density at radius 3 is 2.56 bits per heavy atom. The SMILES string of the molecule is CC(=O)[C@@H]1[C@@H](CO)C[C@H]2[C@@H]3CC[C@H]4CC(=O)CC[C@]4(C)[C@H]3CC[C@]12C. The van der Waals surface area contributed by atoms with Crippen molar-refractivity contribution in [2.75, 3.05) is 6.61 Å². The summed E-state index contributed by atoms with van der Waals surface area (Å²) < 4.78 is 0. The molecule has 0 saturated heterocycles. The van der Waals surface area contributed by atoms with Crippen molar-refractivity contribution in [2.45, 2.75) is 72.1 Å². The average molecular weight is 347 g/mol. The van der Waals surface area contributed by atoms with Crippen molar-refractivity contribution in [2.24, 2.45) is 46.3 Å². The van der Waals surface area contributed by atoms with E-state index < -0.39 is 0 Å². The normalized spacial score (nSPS) is 52.2. The molecule has 4 aliphatic carbocycles. The van der Waals surface area contributed by atoms with Gasteiger partial charge in [0, 0.05) is 25.4 Å². The van der Waals surface area contributed by atoms with Crippen LogP contribution in [-0.2, 0) is 9.59 Å². The van der Waals surface area contributed by atoms with Crippen LogP contribution in [0.2, 0.25) is 0 Å². The van der Waals surface area contributed by atoms with Crippen molar-refractivity contribution in [1.82, 2.24) is 0 Å². The van der Waals surface area contributed by atoms with Gasteiger partial charge in [0.05, 0.1) is 0 Å². The van der Waals surface area contributed by atoms with E-state index in [9.17, 15) is 14.7 Å². The van der Waals surface area contributed by atoms with E-state index >= 15 is 0 Å². The number of carbonyl (C=O) groups is 2. The lowest BCUT2D eigenvalue weighted by Gasteiger charge is -2.60. The Balaban J connectivity index is 1.65. The van der Waals surface area contributed by atoms with E-state index in [1.54, 1.807) is 6.92 Å². The molecule has 8 atom stereocenters. The van der Waals surface area contributed by atoms with Gasteiger partial charge in [-0.1, -0.05) is 13.8 Å². The number of aliphatic hydroxyl groups is 1. The number of rotatable bonds is 2. The molecule has 0 heterocycles. The Hall–Kier alpha value is -0.700.